The number of nitrogens with zero attached hydrogens (tertiary/aromatic N) is 5. The first kappa shape index (κ1) is 28.0. The van der Waals surface area contributed by atoms with Gasteiger partial charge in [-0.2, -0.15) is 4.68 Å². The van der Waals surface area contributed by atoms with Crippen molar-refractivity contribution in [2.45, 2.75) is 26.4 Å². The van der Waals surface area contributed by atoms with Gasteiger partial charge in [-0.3, -0.25) is 9.78 Å². The summed E-state index contributed by atoms with van der Waals surface area (Å²) in [6.07, 6.45) is 1.70. The SMILES string of the molecule is CN1CCN(c2ccc(C(=O)Nc3nn(C(=O)OC(C)(C)C)c4cncc(-c5c(F)cc(N)cc5F)c34)cc2)CC1. The van der Waals surface area contributed by atoms with Gasteiger partial charge in [0.05, 0.1) is 17.1 Å². The molecule has 10 nitrogen and oxygen atoms in total. The number of nitrogen functional groups attached to an aromatic ring is 1. The van der Waals surface area contributed by atoms with Crippen molar-refractivity contribution in [3.63, 3.8) is 0 Å². The van der Waals surface area contributed by atoms with E-state index in [2.05, 4.69) is 32.2 Å². The molecule has 3 N–H and O–H groups in total. The number of hydrogen-bond acceptors (Lipinski definition) is 8. The van der Waals surface area contributed by atoms with E-state index in [0.717, 1.165) is 48.7 Å². The molecule has 0 atom stereocenters. The summed E-state index contributed by atoms with van der Waals surface area (Å²) in [5, 5.41) is 7.10. The largest absolute Gasteiger partial charge is 0.442 e. The molecular weight excluding hydrogens is 532 g/mol. The zero-order valence-electron chi connectivity index (χ0n) is 23.2. The number of nitrogens with two attached hydrogens (primary N) is 1. The maximum atomic E-state index is 15.0. The van der Waals surface area contributed by atoms with Crippen LogP contribution in [0.2, 0.25) is 0 Å². The van der Waals surface area contributed by atoms with Crippen LogP contribution < -0.4 is 16.0 Å². The van der Waals surface area contributed by atoms with Gasteiger partial charge in [-0.25, -0.2) is 13.6 Å². The first-order valence-electron chi connectivity index (χ1n) is 13.1. The summed E-state index contributed by atoms with van der Waals surface area (Å²) in [7, 11) is 2.08. The van der Waals surface area contributed by atoms with Crippen LogP contribution in [0.4, 0.5) is 30.8 Å². The van der Waals surface area contributed by atoms with Crippen LogP contribution >= 0.6 is 0 Å². The van der Waals surface area contributed by atoms with Gasteiger partial charge < -0.3 is 25.6 Å². The standard InChI is InChI=1S/C29H31F2N7O3/c1-29(2,3)41-28(40)38-23-16-33-15-20(24-21(30)13-18(32)14-22(24)31)25(23)26(35-38)34-27(39)17-5-7-19(8-6-17)37-11-9-36(4)10-12-37/h5-8,13-16H,9-12,32H2,1-4H3,(H,34,35,39). The fourth-order valence-electron chi connectivity index (χ4n) is 4.70. The van der Waals surface area contributed by atoms with Crippen molar-refractivity contribution in [3.8, 4) is 11.1 Å². The number of anilines is 3. The Morgan fingerprint density at radius 1 is 1.00 bits per heavy atom. The Labute approximate surface area is 235 Å². The van der Waals surface area contributed by atoms with E-state index < -0.39 is 34.8 Å². The lowest BCUT2D eigenvalue weighted by Crippen LogP contribution is -2.44. The van der Waals surface area contributed by atoms with Gasteiger partial charge in [0.1, 0.15) is 22.8 Å². The number of pyridine rings is 1. The number of benzene rings is 2. The van der Waals surface area contributed by atoms with Gasteiger partial charge in [-0.15, -0.1) is 5.10 Å². The number of rotatable bonds is 4. The minimum atomic E-state index is -0.932. The zero-order chi connectivity index (χ0) is 29.5. The number of fused-ring (bicyclic) bond motifs is 1. The van der Waals surface area contributed by atoms with Gasteiger partial charge in [-0.05, 0) is 64.2 Å². The average molecular weight is 564 g/mol. The number of nitrogens with one attached hydrogen (secondary N) is 1. The fourth-order valence-corrected chi connectivity index (χ4v) is 4.70. The molecule has 0 radical (unpaired) electrons. The average Bonchev–Trinajstić information content (AvgIpc) is 3.27. The summed E-state index contributed by atoms with van der Waals surface area (Å²) < 4.78 is 36.4. The zero-order valence-corrected chi connectivity index (χ0v) is 23.2. The number of carbonyl (C=O) groups is 2. The molecule has 12 heteroatoms. The fraction of sp³-hybridized carbons (Fsp3) is 0.310. The second-order valence-electron chi connectivity index (χ2n) is 11.0. The topological polar surface area (TPSA) is 119 Å². The summed E-state index contributed by atoms with van der Waals surface area (Å²) in [6, 6.07) is 9.08. The van der Waals surface area contributed by atoms with E-state index in [-0.39, 0.29) is 28.0 Å². The third-order valence-corrected chi connectivity index (χ3v) is 6.72. The molecule has 1 aliphatic heterocycles. The number of likely N-dealkylation sites (N-methyl/N-ethyl adjacent to an activating group) is 1. The number of ether oxygens (including phenoxy) is 1. The van der Waals surface area contributed by atoms with E-state index in [1.165, 1.54) is 12.4 Å². The Morgan fingerprint density at radius 3 is 2.24 bits per heavy atom. The first-order valence-corrected chi connectivity index (χ1v) is 13.1. The van der Waals surface area contributed by atoms with Crippen molar-refractivity contribution >= 4 is 40.1 Å². The van der Waals surface area contributed by atoms with Crippen molar-refractivity contribution < 1.29 is 23.1 Å². The molecular formula is C29H31F2N7O3. The molecule has 2 aromatic heterocycles. The van der Waals surface area contributed by atoms with E-state index in [4.69, 9.17) is 10.5 Å². The van der Waals surface area contributed by atoms with Crippen molar-refractivity contribution in [3.05, 3.63) is 66.0 Å². The predicted molar refractivity (Wildman–Crippen MR) is 153 cm³/mol. The molecule has 0 spiro atoms. The molecule has 1 amide bonds. The third kappa shape index (κ3) is 5.82. The maximum absolute atomic E-state index is 15.0. The molecule has 214 valence electrons. The number of amides is 1. The smallest absolute Gasteiger partial charge is 0.435 e. The molecule has 0 bridgehead atoms. The molecule has 41 heavy (non-hydrogen) atoms. The van der Waals surface area contributed by atoms with Crippen molar-refractivity contribution in [2.24, 2.45) is 0 Å². The van der Waals surface area contributed by atoms with Crippen molar-refractivity contribution in [1.82, 2.24) is 19.7 Å². The van der Waals surface area contributed by atoms with Crippen LogP contribution in [0.5, 0.6) is 0 Å². The van der Waals surface area contributed by atoms with E-state index in [0.29, 0.717) is 5.56 Å². The van der Waals surface area contributed by atoms with Crippen molar-refractivity contribution in [1.29, 1.82) is 0 Å². The summed E-state index contributed by atoms with van der Waals surface area (Å²) in [5.74, 6) is -2.48. The molecule has 1 aliphatic rings. The second-order valence-corrected chi connectivity index (χ2v) is 11.0. The molecule has 0 aliphatic carbocycles. The highest BCUT2D eigenvalue weighted by molar-refractivity contribution is 6.12. The number of halogens is 2. The second kappa shape index (κ2) is 10.8. The van der Waals surface area contributed by atoms with Crippen LogP contribution in [-0.2, 0) is 4.74 Å². The molecule has 0 unspecified atom stereocenters. The van der Waals surface area contributed by atoms with Gasteiger partial charge in [0.25, 0.3) is 5.91 Å². The molecule has 2 aromatic carbocycles. The van der Waals surface area contributed by atoms with Crippen LogP contribution in [0, 0.1) is 11.6 Å². The molecule has 3 heterocycles. The highest BCUT2D eigenvalue weighted by atomic mass is 19.1. The van der Waals surface area contributed by atoms with Crippen LogP contribution in [0.1, 0.15) is 31.1 Å². The normalized spacial score (nSPS) is 14.3. The highest BCUT2D eigenvalue weighted by Crippen LogP contribution is 2.37. The van der Waals surface area contributed by atoms with Gasteiger partial charge in [0.2, 0.25) is 0 Å². The summed E-state index contributed by atoms with van der Waals surface area (Å²) in [5.41, 5.74) is 5.64. The van der Waals surface area contributed by atoms with Gasteiger partial charge in [0, 0.05) is 54.9 Å². The van der Waals surface area contributed by atoms with Crippen LogP contribution in [0.3, 0.4) is 0 Å². The Morgan fingerprint density at radius 2 is 1.63 bits per heavy atom. The maximum Gasteiger partial charge on any atom is 0.435 e. The minimum absolute atomic E-state index is 0.0203. The Bertz CT molecular complexity index is 1600. The number of carbonyl (C=O) groups excluding carboxylic acids is 2. The van der Waals surface area contributed by atoms with Crippen molar-refractivity contribution in [2.75, 3.05) is 49.2 Å². The van der Waals surface area contributed by atoms with E-state index in [1.54, 1.807) is 32.9 Å². The lowest BCUT2D eigenvalue weighted by molar-refractivity contribution is 0.0522. The molecule has 0 saturated carbocycles. The number of piperazine rings is 1. The van der Waals surface area contributed by atoms with E-state index in [9.17, 15) is 9.59 Å². The van der Waals surface area contributed by atoms with Crippen LogP contribution in [-0.4, -0.2) is 70.5 Å². The monoisotopic (exact) mass is 563 g/mol. The molecule has 5 rings (SSSR count). The van der Waals surface area contributed by atoms with Crippen LogP contribution in [0.25, 0.3) is 22.0 Å². The molecule has 1 saturated heterocycles. The Kier molecular flexibility index (Phi) is 7.35. The summed E-state index contributed by atoms with van der Waals surface area (Å²) in [4.78, 5) is 35.0. The molecule has 4 aromatic rings. The lowest BCUT2D eigenvalue weighted by Gasteiger charge is -2.34. The highest BCUT2D eigenvalue weighted by Gasteiger charge is 2.27. The third-order valence-electron chi connectivity index (χ3n) is 6.72. The number of hydrogen-bond donors (Lipinski definition) is 2. The van der Waals surface area contributed by atoms with E-state index in [1.807, 2.05) is 12.1 Å². The minimum Gasteiger partial charge on any atom is -0.442 e. The Hall–Kier alpha value is -4.58. The quantitative estimate of drug-likeness (QED) is 0.342. The first-order chi connectivity index (χ1) is 19.4. The summed E-state index contributed by atoms with van der Waals surface area (Å²) >= 11 is 0. The van der Waals surface area contributed by atoms with E-state index >= 15 is 8.78 Å². The summed E-state index contributed by atoms with van der Waals surface area (Å²) in [6.45, 7) is 8.72. The van der Waals surface area contributed by atoms with Gasteiger partial charge in [-0.1, -0.05) is 0 Å². The molecule has 1 fully saturated rings. The number of aromatic nitrogens is 3. The van der Waals surface area contributed by atoms with Gasteiger partial charge in [0.15, 0.2) is 5.82 Å². The predicted octanol–water partition coefficient (Wildman–Crippen LogP) is 4.75. The van der Waals surface area contributed by atoms with Crippen LogP contribution in [0.15, 0.2) is 48.8 Å². The lowest BCUT2D eigenvalue weighted by atomic mass is 10.0. The Balaban J connectivity index is 1.55. The van der Waals surface area contributed by atoms with Gasteiger partial charge >= 0.3 is 6.09 Å².